The van der Waals surface area contributed by atoms with Gasteiger partial charge in [-0.1, -0.05) is 19.3 Å². The summed E-state index contributed by atoms with van der Waals surface area (Å²) < 4.78 is 0. The van der Waals surface area contributed by atoms with E-state index in [1.165, 1.54) is 30.5 Å². The second-order valence-electron chi connectivity index (χ2n) is 5.84. The number of anilines is 2. The normalized spacial score (nSPS) is 19.3. The number of hydrogen-bond donors (Lipinski definition) is 1. The first kappa shape index (κ1) is 12.5. The third-order valence-electron chi connectivity index (χ3n) is 4.45. The summed E-state index contributed by atoms with van der Waals surface area (Å²) in [5.74, 6) is 0.440. The predicted octanol–water partition coefficient (Wildman–Crippen LogP) is 3.20. The number of hydrogen-bond acceptors (Lipinski definition) is 2. The maximum absolute atomic E-state index is 12.2. The zero-order valence-electron chi connectivity index (χ0n) is 11.6. The van der Waals surface area contributed by atoms with E-state index < -0.39 is 0 Å². The molecule has 1 aromatic carbocycles. The van der Waals surface area contributed by atoms with Crippen LogP contribution >= 0.6 is 0 Å². The Balaban J connectivity index is 1.68. The van der Waals surface area contributed by atoms with Gasteiger partial charge in [0.15, 0.2) is 0 Å². The van der Waals surface area contributed by atoms with E-state index in [4.69, 9.17) is 0 Å². The van der Waals surface area contributed by atoms with E-state index in [1.54, 1.807) is 0 Å². The molecule has 1 fully saturated rings. The van der Waals surface area contributed by atoms with Gasteiger partial charge in [0.05, 0.1) is 0 Å². The molecule has 3 heteroatoms. The van der Waals surface area contributed by atoms with Gasteiger partial charge in [0.2, 0.25) is 5.91 Å². The Labute approximate surface area is 115 Å². The van der Waals surface area contributed by atoms with Crippen LogP contribution < -0.4 is 10.2 Å². The molecule has 19 heavy (non-hydrogen) atoms. The van der Waals surface area contributed by atoms with Gasteiger partial charge in [0, 0.05) is 30.9 Å². The molecule has 0 unspecified atom stereocenters. The van der Waals surface area contributed by atoms with Crippen molar-refractivity contribution >= 4 is 17.3 Å². The molecule has 0 saturated heterocycles. The highest BCUT2D eigenvalue weighted by Crippen LogP contribution is 2.30. The molecule has 1 amide bonds. The van der Waals surface area contributed by atoms with Gasteiger partial charge in [0.1, 0.15) is 0 Å². The smallest absolute Gasteiger partial charge is 0.227 e. The second-order valence-corrected chi connectivity index (χ2v) is 5.84. The molecular formula is C16H22N2O. The number of nitrogens with one attached hydrogen (secondary N) is 1. The monoisotopic (exact) mass is 258 g/mol. The van der Waals surface area contributed by atoms with Crippen LogP contribution in [-0.2, 0) is 11.2 Å². The van der Waals surface area contributed by atoms with Crippen molar-refractivity contribution in [3.63, 3.8) is 0 Å². The van der Waals surface area contributed by atoms with Gasteiger partial charge >= 0.3 is 0 Å². The van der Waals surface area contributed by atoms with E-state index in [0.29, 0.717) is 0 Å². The molecule has 0 aromatic heterocycles. The van der Waals surface area contributed by atoms with E-state index in [-0.39, 0.29) is 11.8 Å². The van der Waals surface area contributed by atoms with Crippen LogP contribution in [0.1, 0.15) is 37.7 Å². The zero-order chi connectivity index (χ0) is 13.2. The van der Waals surface area contributed by atoms with E-state index >= 15 is 0 Å². The Morgan fingerprint density at radius 2 is 2.05 bits per heavy atom. The third kappa shape index (κ3) is 2.60. The van der Waals surface area contributed by atoms with Gasteiger partial charge in [-0.15, -0.1) is 0 Å². The molecule has 3 rings (SSSR count). The topological polar surface area (TPSA) is 32.3 Å². The van der Waals surface area contributed by atoms with Crippen molar-refractivity contribution in [2.24, 2.45) is 5.92 Å². The zero-order valence-corrected chi connectivity index (χ0v) is 11.6. The first-order valence-electron chi connectivity index (χ1n) is 7.39. The van der Waals surface area contributed by atoms with Crippen LogP contribution in [0.25, 0.3) is 0 Å². The number of likely N-dealkylation sites (N-methyl/N-ethyl adjacent to an activating group) is 1. The van der Waals surface area contributed by atoms with Crippen LogP contribution in [0, 0.1) is 5.92 Å². The highest BCUT2D eigenvalue weighted by Gasteiger charge is 2.22. The SMILES string of the molecule is CN1CCc2cc(NC(=O)C3CCCCC3)ccc21. The molecule has 0 radical (unpaired) electrons. The Bertz CT molecular complexity index is 478. The van der Waals surface area contributed by atoms with Crippen LogP contribution in [0.2, 0.25) is 0 Å². The third-order valence-corrected chi connectivity index (χ3v) is 4.45. The Morgan fingerprint density at radius 1 is 1.26 bits per heavy atom. The molecule has 0 bridgehead atoms. The average molecular weight is 258 g/mol. The number of fused-ring (bicyclic) bond motifs is 1. The number of amides is 1. The fourth-order valence-electron chi connectivity index (χ4n) is 3.25. The standard InChI is InChI=1S/C16H22N2O/c1-18-10-9-13-11-14(7-8-15(13)18)17-16(19)12-5-3-2-4-6-12/h7-8,11-12H,2-6,9-10H2,1H3,(H,17,19). The number of carbonyl (C=O) groups excluding carboxylic acids is 1. The summed E-state index contributed by atoms with van der Waals surface area (Å²) in [5, 5.41) is 3.10. The molecular weight excluding hydrogens is 236 g/mol. The lowest BCUT2D eigenvalue weighted by Crippen LogP contribution is -2.24. The van der Waals surface area contributed by atoms with Crippen molar-refractivity contribution in [1.29, 1.82) is 0 Å². The molecule has 1 aliphatic heterocycles. The van der Waals surface area contributed by atoms with Crippen LogP contribution in [-0.4, -0.2) is 19.5 Å². The fourth-order valence-corrected chi connectivity index (χ4v) is 3.25. The van der Waals surface area contributed by atoms with Gasteiger partial charge in [-0.2, -0.15) is 0 Å². The van der Waals surface area contributed by atoms with E-state index in [2.05, 4.69) is 29.4 Å². The molecule has 0 spiro atoms. The summed E-state index contributed by atoms with van der Waals surface area (Å²) in [6.45, 7) is 1.08. The average Bonchev–Trinajstić information content (AvgIpc) is 2.81. The Hall–Kier alpha value is -1.51. The van der Waals surface area contributed by atoms with E-state index in [1.807, 2.05) is 6.07 Å². The van der Waals surface area contributed by atoms with Gasteiger partial charge in [-0.3, -0.25) is 4.79 Å². The van der Waals surface area contributed by atoms with Crippen LogP contribution in [0.15, 0.2) is 18.2 Å². The molecule has 1 saturated carbocycles. The number of benzene rings is 1. The first-order valence-corrected chi connectivity index (χ1v) is 7.39. The molecule has 2 aliphatic rings. The highest BCUT2D eigenvalue weighted by atomic mass is 16.1. The van der Waals surface area contributed by atoms with Crippen LogP contribution in [0.3, 0.4) is 0 Å². The maximum atomic E-state index is 12.2. The summed E-state index contributed by atoms with van der Waals surface area (Å²) in [5.41, 5.74) is 3.62. The minimum Gasteiger partial charge on any atom is -0.374 e. The lowest BCUT2D eigenvalue weighted by molar-refractivity contribution is -0.120. The van der Waals surface area contributed by atoms with Gasteiger partial charge in [-0.05, 0) is 43.0 Å². The van der Waals surface area contributed by atoms with Gasteiger partial charge in [0.25, 0.3) is 0 Å². The van der Waals surface area contributed by atoms with E-state index in [0.717, 1.165) is 31.5 Å². The van der Waals surface area contributed by atoms with Crippen molar-refractivity contribution in [1.82, 2.24) is 0 Å². The Morgan fingerprint density at radius 3 is 2.84 bits per heavy atom. The summed E-state index contributed by atoms with van der Waals surface area (Å²) in [4.78, 5) is 14.5. The van der Waals surface area contributed by atoms with Crippen molar-refractivity contribution in [3.05, 3.63) is 23.8 Å². The lowest BCUT2D eigenvalue weighted by atomic mass is 9.88. The molecule has 1 aromatic rings. The summed E-state index contributed by atoms with van der Waals surface area (Å²) in [6, 6.07) is 6.29. The summed E-state index contributed by atoms with van der Waals surface area (Å²) in [7, 11) is 2.12. The number of rotatable bonds is 2. The largest absolute Gasteiger partial charge is 0.374 e. The lowest BCUT2D eigenvalue weighted by Gasteiger charge is -2.21. The van der Waals surface area contributed by atoms with Crippen molar-refractivity contribution < 1.29 is 4.79 Å². The van der Waals surface area contributed by atoms with Crippen LogP contribution in [0.4, 0.5) is 11.4 Å². The minimum atomic E-state index is 0.214. The second kappa shape index (κ2) is 5.24. The van der Waals surface area contributed by atoms with Crippen molar-refractivity contribution in [2.75, 3.05) is 23.8 Å². The quantitative estimate of drug-likeness (QED) is 0.883. The molecule has 1 heterocycles. The Kier molecular flexibility index (Phi) is 3.45. The fraction of sp³-hybridized carbons (Fsp3) is 0.562. The summed E-state index contributed by atoms with van der Waals surface area (Å²) in [6.07, 6.45) is 6.88. The molecule has 3 nitrogen and oxygen atoms in total. The highest BCUT2D eigenvalue weighted by molar-refractivity contribution is 5.93. The maximum Gasteiger partial charge on any atom is 0.227 e. The predicted molar refractivity (Wildman–Crippen MR) is 78.6 cm³/mol. The molecule has 102 valence electrons. The molecule has 1 N–H and O–H groups in total. The van der Waals surface area contributed by atoms with Gasteiger partial charge in [-0.25, -0.2) is 0 Å². The molecule has 1 aliphatic carbocycles. The summed E-state index contributed by atoms with van der Waals surface area (Å²) >= 11 is 0. The van der Waals surface area contributed by atoms with Crippen molar-refractivity contribution in [2.45, 2.75) is 38.5 Å². The van der Waals surface area contributed by atoms with Crippen LogP contribution in [0.5, 0.6) is 0 Å². The van der Waals surface area contributed by atoms with Gasteiger partial charge < -0.3 is 10.2 Å². The minimum absolute atomic E-state index is 0.214. The number of nitrogens with zero attached hydrogens (tertiary/aromatic N) is 1. The van der Waals surface area contributed by atoms with E-state index in [9.17, 15) is 4.79 Å². The number of carbonyl (C=O) groups is 1. The van der Waals surface area contributed by atoms with Crippen molar-refractivity contribution in [3.8, 4) is 0 Å². The molecule has 0 atom stereocenters. The first-order chi connectivity index (χ1) is 9.24.